The largest absolute Gasteiger partial charge is 0.494 e. The van der Waals surface area contributed by atoms with E-state index in [9.17, 15) is 4.79 Å². The number of carbonyl (C=O) groups is 1. The molecule has 10 heteroatoms. The Morgan fingerprint density at radius 3 is 2.58 bits per heavy atom. The molecular formula is C14H7Cl4N3O2S. The van der Waals surface area contributed by atoms with Crippen molar-refractivity contribution in [2.75, 3.05) is 12.4 Å². The van der Waals surface area contributed by atoms with Crippen LogP contribution in [0.25, 0.3) is 10.2 Å². The summed E-state index contributed by atoms with van der Waals surface area (Å²) < 4.78 is 6.10. The number of ether oxygens (including phenoxy) is 1. The quantitative estimate of drug-likeness (QED) is 0.560. The van der Waals surface area contributed by atoms with Crippen molar-refractivity contribution in [1.82, 2.24) is 9.97 Å². The van der Waals surface area contributed by atoms with Gasteiger partial charge < -0.3 is 4.74 Å². The number of halogens is 4. The zero-order valence-corrected chi connectivity index (χ0v) is 15.7. The fourth-order valence-electron chi connectivity index (χ4n) is 1.94. The van der Waals surface area contributed by atoms with Gasteiger partial charge in [0, 0.05) is 0 Å². The lowest BCUT2D eigenvalue weighted by atomic mass is 10.3. The Kier molecular flexibility index (Phi) is 5.03. The number of para-hydroxylation sites is 1. The smallest absolute Gasteiger partial charge is 0.277 e. The molecule has 0 aliphatic carbocycles. The second-order valence-electron chi connectivity index (χ2n) is 4.47. The van der Waals surface area contributed by atoms with Crippen LogP contribution in [-0.4, -0.2) is 23.0 Å². The van der Waals surface area contributed by atoms with Gasteiger partial charge in [-0.1, -0.05) is 63.8 Å². The number of benzene rings is 1. The van der Waals surface area contributed by atoms with E-state index < -0.39 is 5.91 Å². The molecule has 2 heterocycles. The highest BCUT2D eigenvalue weighted by Gasteiger charge is 2.21. The number of fused-ring (bicyclic) bond motifs is 1. The predicted octanol–water partition coefficient (Wildman–Crippen LogP) is 5.57. The summed E-state index contributed by atoms with van der Waals surface area (Å²) in [5.74, 6) is 0.0106. The van der Waals surface area contributed by atoms with Crippen molar-refractivity contribution in [2.45, 2.75) is 0 Å². The molecule has 0 radical (unpaired) electrons. The predicted molar refractivity (Wildman–Crippen MR) is 98.4 cm³/mol. The zero-order chi connectivity index (χ0) is 17.4. The molecule has 0 saturated heterocycles. The van der Waals surface area contributed by atoms with E-state index in [2.05, 4.69) is 15.3 Å². The number of nitrogens with zero attached hydrogens (tertiary/aromatic N) is 2. The van der Waals surface area contributed by atoms with Crippen LogP contribution >= 0.6 is 57.7 Å². The third kappa shape index (κ3) is 3.12. The third-order valence-corrected chi connectivity index (χ3v) is 5.64. The first-order valence-electron chi connectivity index (χ1n) is 6.37. The maximum atomic E-state index is 12.4. The molecule has 1 N–H and O–H groups in total. The lowest BCUT2D eigenvalue weighted by Gasteiger charge is -2.07. The lowest BCUT2D eigenvalue weighted by molar-refractivity contribution is 0.102. The summed E-state index contributed by atoms with van der Waals surface area (Å²) in [6.45, 7) is 0. The van der Waals surface area contributed by atoms with Gasteiger partial charge in [0.2, 0.25) is 0 Å². The normalized spacial score (nSPS) is 10.9. The van der Waals surface area contributed by atoms with Crippen molar-refractivity contribution in [1.29, 1.82) is 0 Å². The van der Waals surface area contributed by atoms with E-state index in [4.69, 9.17) is 51.1 Å². The Balaban J connectivity index is 1.96. The molecule has 2 aromatic heterocycles. The summed E-state index contributed by atoms with van der Waals surface area (Å²) in [5.41, 5.74) is 0.508. The summed E-state index contributed by atoms with van der Waals surface area (Å²) in [6, 6.07) is 5.49. The number of hydrogen-bond acceptors (Lipinski definition) is 5. The Morgan fingerprint density at radius 2 is 1.88 bits per heavy atom. The Hall–Kier alpha value is -1.31. The second-order valence-corrected chi connectivity index (χ2v) is 7.00. The van der Waals surface area contributed by atoms with Gasteiger partial charge in [-0.3, -0.25) is 10.1 Å². The highest BCUT2D eigenvalue weighted by molar-refractivity contribution is 7.22. The van der Waals surface area contributed by atoms with Gasteiger partial charge in [-0.15, -0.1) is 0 Å². The number of anilines is 1. The summed E-state index contributed by atoms with van der Waals surface area (Å²) in [5, 5.41) is 2.75. The molecule has 1 aromatic carbocycles. The van der Waals surface area contributed by atoms with Gasteiger partial charge in [-0.25, -0.2) is 9.97 Å². The molecule has 0 atom stereocenters. The fourth-order valence-corrected chi connectivity index (χ4v) is 3.63. The molecule has 0 aliphatic rings. The molecule has 3 rings (SSSR count). The molecule has 0 fully saturated rings. The minimum absolute atomic E-state index is 0.00962. The minimum Gasteiger partial charge on any atom is -0.494 e. The molecule has 0 saturated carbocycles. The fraction of sp³-hybridized carbons (Fsp3) is 0.0714. The van der Waals surface area contributed by atoms with Crippen molar-refractivity contribution >= 4 is 79.0 Å². The van der Waals surface area contributed by atoms with Gasteiger partial charge in [-0.05, 0) is 12.1 Å². The summed E-state index contributed by atoms with van der Waals surface area (Å²) >= 11 is 24.9. The molecule has 0 aliphatic heterocycles. The van der Waals surface area contributed by atoms with Crippen LogP contribution < -0.4 is 10.1 Å². The van der Waals surface area contributed by atoms with E-state index in [1.807, 2.05) is 12.1 Å². The Labute approximate surface area is 160 Å². The van der Waals surface area contributed by atoms with Crippen LogP contribution in [0.1, 0.15) is 10.5 Å². The highest BCUT2D eigenvalue weighted by Crippen LogP contribution is 2.37. The van der Waals surface area contributed by atoms with Gasteiger partial charge in [0.25, 0.3) is 5.91 Å². The van der Waals surface area contributed by atoms with Gasteiger partial charge in [0.05, 0.1) is 26.9 Å². The number of thiazole rings is 1. The van der Waals surface area contributed by atoms with E-state index in [0.717, 1.165) is 4.70 Å². The van der Waals surface area contributed by atoms with Crippen LogP contribution in [0.15, 0.2) is 18.2 Å². The van der Waals surface area contributed by atoms with Crippen molar-refractivity contribution < 1.29 is 9.53 Å². The average molecular weight is 423 g/mol. The number of hydrogen-bond donors (Lipinski definition) is 1. The van der Waals surface area contributed by atoms with E-state index >= 15 is 0 Å². The summed E-state index contributed by atoms with van der Waals surface area (Å²) in [4.78, 5) is 20.6. The number of nitrogens with one attached hydrogen (secondary N) is 1. The average Bonchev–Trinajstić information content (AvgIpc) is 2.98. The highest BCUT2D eigenvalue weighted by atomic mass is 35.5. The van der Waals surface area contributed by atoms with Crippen molar-refractivity contribution in [3.05, 3.63) is 44.1 Å². The minimum atomic E-state index is -0.599. The summed E-state index contributed by atoms with van der Waals surface area (Å²) in [7, 11) is 1.55. The molecule has 1 amide bonds. The first-order chi connectivity index (χ1) is 11.4. The molecule has 0 unspecified atom stereocenters. The van der Waals surface area contributed by atoms with Gasteiger partial charge >= 0.3 is 0 Å². The van der Waals surface area contributed by atoms with E-state index in [-0.39, 0.29) is 25.9 Å². The topological polar surface area (TPSA) is 64.1 Å². The summed E-state index contributed by atoms with van der Waals surface area (Å²) in [6.07, 6.45) is 0. The number of aromatic nitrogens is 2. The third-order valence-electron chi connectivity index (χ3n) is 3.02. The second kappa shape index (κ2) is 6.90. The van der Waals surface area contributed by atoms with Crippen LogP contribution in [0.4, 0.5) is 5.13 Å². The van der Waals surface area contributed by atoms with Crippen LogP contribution in [-0.2, 0) is 0 Å². The molecule has 5 nitrogen and oxygen atoms in total. The zero-order valence-electron chi connectivity index (χ0n) is 11.9. The maximum Gasteiger partial charge on any atom is 0.277 e. The number of methoxy groups -OCH3 is 1. The van der Waals surface area contributed by atoms with E-state index in [0.29, 0.717) is 16.4 Å². The SMILES string of the molecule is COc1cccc2sc(NC(=O)c3nc(Cl)c(Cl)c(Cl)c3Cl)nc12. The first-order valence-corrected chi connectivity index (χ1v) is 8.70. The molecule has 0 spiro atoms. The standard InChI is InChI=1S/C14H7Cl4N3O2S/c1-23-5-3-2-4-6-10(5)20-14(24-6)21-13(22)11-8(16)7(15)9(17)12(18)19-11/h2-4H,1H3,(H,20,21,22). The van der Waals surface area contributed by atoms with Crippen LogP contribution in [0, 0.1) is 0 Å². The van der Waals surface area contributed by atoms with Crippen molar-refractivity contribution in [3.63, 3.8) is 0 Å². The molecule has 124 valence electrons. The van der Waals surface area contributed by atoms with Crippen molar-refractivity contribution in [2.24, 2.45) is 0 Å². The Bertz CT molecular complexity index is 961. The monoisotopic (exact) mass is 421 g/mol. The number of carbonyl (C=O) groups excluding carboxylic acids is 1. The van der Waals surface area contributed by atoms with Gasteiger partial charge in [0.15, 0.2) is 10.8 Å². The van der Waals surface area contributed by atoms with Crippen LogP contribution in [0.5, 0.6) is 5.75 Å². The van der Waals surface area contributed by atoms with E-state index in [1.165, 1.54) is 11.3 Å². The molecule has 0 bridgehead atoms. The number of rotatable bonds is 3. The number of pyridine rings is 1. The maximum absolute atomic E-state index is 12.4. The van der Waals surface area contributed by atoms with Crippen LogP contribution in [0.3, 0.4) is 0 Å². The molecule has 24 heavy (non-hydrogen) atoms. The first kappa shape index (κ1) is 17.5. The number of amides is 1. The van der Waals surface area contributed by atoms with Gasteiger partial charge in [0.1, 0.15) is 16.4 Å². The lowest BCUT2D eigenvalue weighted by Crippen LogP contribution is -2.14. The van der Waals surface area contributed by atoms with E-state index in [1.54, 1.807) is 13.2 Å². The van der Waals surface area contributed by atoms with Crippen LogP contribution in [0.2, 0.25) is 20.2 Å². The molecule has 3 aromatic rings. The Morgan fingerprint density at radius 1 is 1.12 bits per heavy atom. The van der Waals surface area contributed by atoms with Crippen molar-refractivity contribution in [3.8, 4) is 5.75 Å². The molecular weight excluding hydrogens is 416 g/mol. The van der Waals surface area contributed by atoms with Gasteiger partial charge in [-0.2, -0.15) is 0 Å².